The Labute approximate surface area is 119 Å². The van der Waals surface area contributed by atoms with Gasteiger partial charge >= 0.3 is 0 Å². The van der Waals surface area contributed by atoms with Crippen molar-refractivity contribution in [3.63, 3.8) is 0 Å². The molecule has 1 aromatic rings. The third kappa shape index (κ3) is 4.28. The van der Waals surface area contributed by atoms with Crippen LogP contribution >= 0.6 is 0 Å². The van der Waals surface area contributed by atoms with Crippen molar-refractivity contribution >= 4 is 6.72 Å². The van der Waals surface area contributed by atoms with Crippen molar-refractivity contribution in [3.05, 3.63) is 78.6 Å². The van der Waals surface area contributed by atoms with Crippen molar-refractivity contribution in [3.8, 4) is 5.75 Å². The predicted molar refractivity (Wildman–Crippen MR) is 81.4 cm³/mol. The van der Waals surface area contributed by atoms with Gasteiger partial charge in [0.05, 0.1) is 0 Å². The highest BCUT2D eigenvalue weighted by molar-refractivity contribution is 5.32. The number of aliphatic imine (C=N–C) groups is 1. The molecule has 0 fully saturated rings. The van der Waals surface area contributed by atoms with Gasteiger partial charge in [-0.1, -0.05) is 30.9 Å². The summed E-state index contributed by atoms with van der Waals surface area (Å²) in [6.07, 6.45) is 9.62. The predicted octanol–water partition coefficient (Wildman–Crippen LogP) is 4.37. The van der Waals surface area contributed by atoms with Gasteiger partial charge in [0.1, 0.15) is 17.3 Å². The fourth-order valence-electron chi connectivity index (χ4n) is 1.70. The molecule has 102 valence electrons. The van der Waals surface area contributed by atoms with E-state index in [9.17, 15) is 0 Å². The summed E-state index contributed by atoms with van der Waals surface area (Å²) in [5, 5.41) is 0. The van der Waals surface area contributed by atoms with Gasteiger partial charge in [-0.25, -0.2) is 4.99 Å². The quantitative estimate of drug-likeness (QED) is 0.435. The molecular formula is C17H17NO2. The van der Waals surface area contributed by atoms with Crippen LogP contribution in [0.1, 0.15) is 12.8 Å². The zero-order valence-electron chi connectivity index (χ0n) is 11.3. The number of hydrogen-bond acceptors (Lipinski definition) is 3. The van der Waals surface area contributed by atoms with Gasteiger partial charge < -0.3 is 9.47 Å². The van der Waals surface area contributed by atoms with Gasteiger partial charge in [0.15, 0.2) is 0 Å². The number of allylic oxidation sites excluding steroid dienone is 4. The summed E-state index contributed by atoms with van der Waals surface area (Å²) < 4.78 is 11.2. The fourth-order valence-corrected chi connectivity index (χ4v) is 1.70. The topological polar surface area (TPSA) is 30.8 Å². The molecule has 0 aromatic heterocycles. The molecule has 1 aliphatic carbocycles. The van der Waals surface area contributed by atoms with Crippen molar-refractivity contribution in [1.29, 1.82) is 0 Å². The summed E-state index contributed by atoms with van der Waals surface area (Å²) in [6.45, 7) is 7.32. The van der Waals surface area contributed by atoms with Crippen LogP contribution < -0.4 is 4.74 Å². The van der Waals surface area contributed by atoms with Crippen molar-refractivity contribution in [1.82, 2.24) is 0 Å². The molecule has 0 aliphatic heterocycles. The molecule has 1 aliphatic rings. The molecule has 2 rings (SSSR count). The average molecular weight is 267 g/mol. The Kier molecular flexibility index (Phi) is 4.95. The highest BCUT2D eigenvalue weighted by Crippen LogP contribution is 2.18. The zero-order chi connectivity index (χ0) is 14.2. The summed E-state index contributed by atoms with van der Waals surface area (Å²) >= 11 is 0. The highest BCUT2D eigenvalue weighted by atomic mass is 16.5. The van der Waals surface area contributed by atoms with E-state index >= 15 is 0 Å². The number of hydrogen-bond donors (Lipinski definition) is 0. The first-order chi connectivity index (χ1) is 9.78. The van der Waals surface area contributed by atoms with Crippen LogP contribution in [0.3, 0.4) is 0 Å². The second-order valence-electron chi connectivity index (χ2n) is 4.21. The largest absolute Gasteiger partial charge is 0.458 e. The van der Waals surface area contributed by atoms with E-state index in [1.54, 1.807) is 6.08 Å². The van der Waals surface area contributed by atoms with Crippen LogP contribution in [-0.2, 0) is 4.74 Å². The lowest BCUT2D eigenvalue weighted by Crippen LogP contribution is -1.95. The lowest BCUT2D eigenvalue weighted by molar-refractivity contribution is 0.310. The molecule has 20 heavy (non-hydrogen) atoms. The van der Waals surface area contributed by atoms with E-state index in [1.807, 2.05) is 42.5 Å². The second kappa shape index (κ2) is 7.14. The Balaban J connectivity index is 1.99. The van der Waals surface area contributed by atoms with Crippen LogP contribution in [0.5, 0.6) is 5.75 Å². The average Bonchev–Trinajstić information content (AvgIpc) is 2.48. The second-order valence-corrected chi connectivity index (χ2v) is 4.21. The molecule has 0 heterocycles. The van der Waals surface area contributed by atoms with E-state index in [2.05, 4.69) is 24.4 Å². The lowest BCUT2D eigenvalue weighted by atomic mass is 10.2. The normalized spacial score (nSPS) is 14.4. The SMILES string of the molecule is C=N/C(=C\C(=C)Oc1ccccc1)OC1=CCCC=C1. The smallest absolute Gasteiger partial charge is 0.222 e. The number of nitrogens with zero attached hydrogens (tertiary/aromatic N) is 1. The third-order valence-electron chi connectivity index (χ3n) is 2.62. The first kappa shape index (κ1) is 13.9. The van der Waals surface area contributed by atoms with Crippen molar-refractivity contribution in [2.24, 2.45) is 4.99 Å². The van der Waals surface area contributed by atoms with E-state index in [0.717, 1.165) is 18.6 Å². The van der Waals surface area contributed by atoms with E-state index in [1.165, 1.54) is 0 Å². The van der Waals surface area contributed by atoms with Gasteiger partial charge in [-0.3, -0.25) is 0 Å². The minimum atomic E-state index is 0.365. The van der Waals surface area contributed by atoms with Crippen LogP contribution in [0.15, 0.2) is 83.6 Å². The summed E-state index contributed by atoms with van der Waals surface area (Å²) in [6, 6.07) is 9.42. The van der Waals surface area contributed by atoms with Crippen LogP contribution in [0.2, 0.25) is 0 Å². The molecule has 3 heteroatoms. The summed E-state index contributed by atoms with van der Waals surface area (Å²) in [5.41, 5.74) is 0. The Morgan fingerprint density at radius 2 is 1.95 bits per heavy atom. The maximum Gasteiger partial charge on any atom is 0.222 e. The monoisotopic (exact) mass is 267 g/mol. The molecule has 3 nitrogen and oxygen atoms in total. The van der Waals surface area contributed by atoms with E-state index in [-0.39, 0.29) is 0 Å². The lowest BCUT2D eigenvalue weighted by Gasteiger charge is -2.10. The molecule has 0 radical (unpaired) electrons. The van der Waals surface area contributed by atoms with Crippen LogP contribution in [0.25, 0.3) is 0 Å². The number of benzene rings is 1. The van der Waals surface area contributed by atoms with Crippen LogP contribution in [0.4, 0.5) is 0 Å². The molecule has 0 spiro atoms. The van der Waals surface area contributed by atoms with Gasteiger partial charge in [0.2, 0.25) is 5.88 Å². The first-order valence-corrected chi connectivity index (χ1v) is 6.43. The molecule has 1 aromatic carbocycles. The Bertz CT molecular complexity index is 568. The highest BCUT2D eigenvalue weighted by Gasteiger charge is 2.03. The van der Waals surface area contributed by atoms with E-state index in [0.29, 0.717) is 17.4 Å². The molecule has 0 saturated heterocycles. The van der Waals surface area contributed by atoms with Crippen LogP contribution in [-0.4, -0.2) is 6.72 Å². The Morgan fingerprint density at radius 3 is 2.60 bits per heavy atom. The Hall–Kier alpha value is -2.55. The molecule has 0 bridgehead atoms. The van der Waals surface area contributed by atoms with Crippen molar-refractivity contribution < 1.29 is 9.47 Å². The van der Waals surface area contributed by atoms with Crippen molar-refractivity contribution in [2.75, 3.05) is 0 Å². The maximum atomic E-state index is 5.61. The number of ether oxygens (including phenoxy) is 2. The van der Waals surface area contributed by atoms with Gasteiger partial charge in [-0.15, -0.1) is 0 Å². The molecule has 0 atom stereocenters. The van der Waals surface area contributed by atoms with E-state index < -0.39 is 0 Å². The Morgan fingerprint density at radius 1 is 1.15 bits per heavy atom. The summed E-state index contributed by atoms with van der Waals surface area (Å²) in [4.78, 5) is 3.84. The van der Waals surface area contributed by atoms with Gasteiger partial charge in [0, 0.05) is 6.08 Å². The fraction of sp³-hybridized carbons (Fsp3) is 0.118. The molecule has 0 unspecified atom stereocenters. The van der Waals surface area contributed by atoms with Crippen LogP contribution in [0, 0.1) is 0 Å². The zero-order valence-corrected chi connectivity index (χ0v) is 11.3. The third-order valence-corrected chi connectivity index (χ3v) is 2.62. The van der Waals surface area contributed by atoms with Crippen molar-refractivity contribution in [2.45, 2.75) is 12.8 Å². The maximum absolute atomic E-state index is 5.61. The molecule has 0 amide bonds. The number of para-hydroxylation sites is 1. The van der Waals surface area contributed by atoms with Gasteiger partial charge in [-0.05, 0) is 43.8 Å². The standard InChI is InChI=1S/C17H17NO2/c1-14(19-15-9-5-3-6-10-15)13-17(18-2)20-16-11-7-4-8-12-16/h3,5-7,9-13H,1-2,4,8H2/b17-13+. The first-order valence-electron chi connectivity index (χ1n) is 6.43. The van der Waals surface area contributed by atoms with E-state index in [4.69, 9.17) is 9.47 Å². The van der Waals surface area contributed by atoms with Gasteiger partial charge in [0.25, 0.3) is 0 Å². The van der Waals surface area contributed by atoms with Gasteiger partial charge in [-0.2, -0.15) is 0 Å². The number of rotatable bonds is 6. The molecule has 0 N–H and O–H groups in total. The molecular weight excluding hydrogens is 250 g/mol. The summed E-state index contributed by atoms with van der Waals surface area (Å²) in [5.74, 6) is 2.29. The minimum absolute atomic E-state index is 0.365. The molecule has 0 saturated carbocycles. The minimum Gasteiger partial charge on any atom is -0.458 e. The summed E-state index contributed by atoms with van der Waals surface area (Å²) in [7, 11) is 0.